The van der Waals surface area contributed by atoms with Crippen molar-refractivity contribution in [2.45, 2.75) is 17.1 Å². The molecule has 0 fully saturated rings. The number of nitrogens with zero attached hydrogens (tertiary/aromatic N) is 3. The molecule has 0 bridgehead atoms. The van der Waals surface area contributed by atoms with Crippen LogP contribution in [0.25, 0.3) is 11.3 Å². The van der Waals surface area contributed by atoms with E-state index in [0.29, 0.717) is 38.1 Å². The summed E-state index contributed by atoms with van der Waals surface area (Å²) < 4.78 is 6.22. The van der Waals surface area contributed by atoms with E-state index in [1.807, 2.05) is 48.5 Å². The first kappa shape index (κ1) is 20.9. The third-order valence-electron chi connectivity index (χ3n) is 4.88. The van der Waals surface area contributed by atoms with Crippen LogP contribution >= 0.6 is 35.0 Å². The maximum atomic E-state index is 9.98. The van der Waals surface area contributed by atoms with Crippen molar-refractivity contribution in [1.29, 1.82) is 0 Å². The summed E-state index contributed by atoms with van der Waals surface area (Å²) >= 11 is 13.8. The highest BCUT2D eigenvalue weighted by atomic mass is 35.5. The van der Waals surface area contributed by atoms with Crippen LogP contribution in [-0.2, 0) is 5.75 Å². The molecule has 32 heavy (non-hydrogen) atoms. The van der Waals surface area contributed by atoms with Crippen molar-refractivity contribution in [3.05, 3.63) is 87.9 Å². The van der Waals surface area contributed by atoms with Gasteiger partial charge in [0.15, 0.2) is 11.9 Å². The van der Waals surface area contributed by atoms with Gasteiger partial charge < -0.3 is 15.2 Å². The van der Waals surface area contributed by atoms with E-state index in [4.69, 9.17) is 27.9 Å². The standard InChI is InChI=1S/C23H16Cl2N4O2S/c24-14-7-5-13(6-8-14)12-32-23-27-22-20(28-29-23)16-3-1-2-4-19(16)26-21(31-22)17-11-15(30)9-10-18(17)25/h1-11,21,26,30H,12H2. The maximum Gasteiger partial charge on any atom is 0.247 e. The van der Waals surface area contributed by atoms with E-state index < -0.39 is 6.23 Å². The molecule has 160 valence electrons. The molecule has 1 aromatic heterocycles. The zero-order valence-corrected chi connectivity index (χ0v) is 18.8. The number of aromatic hydroxyl groups is 1. The molecule has 9 heteroatoms. The molecule has 5 rings (SSSR count). The third kappa shape index (κ3) is 4.32. The van der Waals surface area contributed by atoms with E-state index >= 15 is 0 Å². The van der Waals surface area contributed by atoms with Gasteiger partial charge in [0, 0.05) is 32.6 Å². The minimum absolute atomic E-state index is 0.0903. The summed E-state index contributed by atoms with van der Waals surface area (Å²) in [7, 11) is 0. The lowest BCUT2D eigenvalue weighted by molar-refractivity contribution is 0.225. The maximum absolute atomic E-state index is 9.98. The van der Waals surface area contributed by atoms with Crippen molar-refractivity contribution in [3.8, 4) is 22.9 Å². The number of anilines is 1. The number of hydrogen-bond donors (Lipinski definition) is 2. The number of aromatic nitrogens is 3. The normalized spacial score (nSPS) is 14.5. The fraction of sp³-hybridized carbons (Fsp3) is 0.0870. The van der Waals surface area contributed by atoms with Gasteiger partial charge in [0.1, 0.15) is 5.75 Å². The van der Waals surface area contributed by atoms with Crippen LogP contribution in [0.1, 0.15) is 17.4 Å². The lowest BCUT2D eigenvalue weighted by Gasteiger charge is -2.20. The fourth-order valence-corrected chi connectivity index (χ4v) is 4.39. The first-order valence-electron chi connectivity index (χ1n) is 9.70. The lowest BCUT2D eigenvalue weighted by atomic mass is 10.1. The molecule has 2 heterocycles. The van der Waals surface area contributed by atoms with Crippen LogP contribution in [0, 0.1) is 0 Å². The first-order valence-corrected chi connectivity index (χ1v) is 11.4. The number of halogens is 2. The SMILES string of the molecule is Oc1ccc(Cl)c(C2Nc3ccccc3-c3nnc(SCc4ccc(Cl)cc4)nc3O2)c1. The Hall–Kier alpha value is -3.00. The number of para-hydroxylation sites is 1. The van der Waals surface area contributed by atoms with E-state index in [0.717, 1.165) is 16.8 Å². The van der Waals surface area contributed by atoms with E-state index in [1.165, 1.54) is 17.8 Å². The smallest absolute Gasteiger partial charge is 0.247 e. The molecule has 0 spiro atoms. The molecular formula is C23H16Cl2N4O2S. The second kappa shape index (κ2) is 8.86. The number of benzene rings is 3. The fourth-order valence-electron chi connectivity index (χ4n) is 3.31. The summed E-state index contributed by atoms with van der Waals surface area (Å²) in [4.78, 5) is 4.63. The number of rotatable bonds is 4. The van der Waals surface area contributed by atoms with E-state index in [-0.39, 0.29) is 5.75 Å². The second-order valence-electron chi connectivity index (χ2n) is 7.06. The Balaban J connectivity index is 1.50. The van der Waals surface area contributed by atoms with Crippen LogP contribution in [0.5, 0.6) is 11.6 Å². The summed E-state index contributed by atoms with van der Waals surface area (Å²) in [5, 5.41) is 23.7. The van der Waals surface area contributed by atoms with Gasteiger partial charge in [0.2, 0.25) is 11.0 Å². The van der Waals surface area contributed by atoms with Gasteiger partial charge in [0.25, 0.3) is 0 Å². The summed E-state index contributed by atoms with van der Waals surface area (Å²) in [6, 6.07) is 20.0. The minimum Gasteiger partial charge on any atom is -0.508 e. The van der Waals surface area contributed by atoms with E-state index in [1.54, 1.807) is 12.1 Å². The van der Waals surface area contributed by atoms with Crippen molar-refractivity contribution in [2.75, 3.05) is 5.32 Å². The van der Waals surface area contributed by atoms with Gasteiger partial charge in [-0.05, 0) is 42.0 Å². The molecule has 3 aromatic carbocycles. The highest BCUT2D eigenvalue weighted by Gasteiger charge is 2.27. The highest BCUT2D eigenvalue weighted by Crippen LogP contribution is 2.41. The number of fused-ring (bicyclic) bond motifs is 3. The molecule has 0 saturated carbocycles. The van der Waals surface area contributed by atoms with Crippen LogP contribution in [0.2, 0.25) is 10.0 Å². The van der Waals surface area contributed by atoms with Crippen molar-refractivity contribution in [1.82, 2.24) is 15.2 Å². The number of phenols is 1. The summed E-state index contributed by atoms with van der Waals surface area (Å²) in [6.07, 6.45) is -0.678. The number of nitrogens with one attached hydrogen (secondary N) is 1. The zero-order chi connectivity index (χ0) is 22.1. The van der Waals surface area contributed by atoms with Gasteiger partial charge in [-0.15, -0.1) is 10.2 Å². The van der Waals surface area contributed by atoms with Gasteiger partial charge in [-0.3, -0.25) is 0 Å². The molecule has 2 N–H and O–H groups in total. The number of hydrogen-bond acceptors (Lipinski definition) is 7. The van der Waals surface area contributed by atoms with Gasteiger partial charge in [0.05, 0.1) is 0 Å². The Morgan fingerprint density at radius 2 is 1.81 bits per heavy atom. The predicted octanol–water partition coefficient (Wildman–Crippen LogP) is 6.35. The van der Waals surface area contributed by atoms with Crippen LogP contribution in [0.4, 0.5) is 5.69 Å². The zero-order valence-electron chi connectivity index (χ0n) is 16.5. The lowest BCUT2D eigenvalue weighted by Crippen LogP contribution is -2.17. The quantitative estimate of drug-likeness (QED) is 0.328. The average Bonchev–Trinajstić information content (AvgIpc) is 2.96. The number of thioether (sulfide) groups is 1. The summed E-state index contributed by atoms with van der Waals surface area (Å²) in [5.74, 6) is 1.09. The van der Waals surface area contributed by atoms with Gasteiger partial charge in [-0.2, -0.15) is 4.98 Å². The second-order valence-corrected chi connectivity index (χ2v) is 8.84. The van der Waals surface area contributed by atoms with Crippen LogP contribution in [-0.4, -0.2) is 20.3 Å². The van der Waals surface area contributed by atoms with E-state index in [9.17, 15) is 5.11 Å². The molecule has 0 radical (unpaired) electrons. The van der Waals surface area contributed by atoms with Crippen LogP contribution in [0.15, 0.2) is 71.9 Å². The van der Waals surface area contributed by atoms with Crippen molar-refractivity contribution in [2.24, 2.45) is 0 Å². The molecule has 1 aliphatic heterocycles. The van der Waals surface area contributed by atoms with Crippen LogP contribution < -0.4 is 10.1 Å². The van der Waals surface area contributed by atoms with Crippen LogP contribution in [0.3, 0.4) is 0 Å². The molecule has 1 atom stereocenters. The molecule has 0 saturated heterocycles. The number of ether oxygens (including phenoxy) is 1. The largest absolute Gasteiger partial charge is 0.508 e. The Morgan fingerprint density at radius 1 is 1.00 bits per heavy atom. The molecule has 0 aliphatic carbocycles. The summed E-state index contributed by atoms with van der Waals surface area (Å²) in [6.45, 7) is 0. The molecule has 4 aromatic rings. The average molecular weight is 483 g/mol. The first-order chi connectivity index (χ1) is 15.6. The van der Waals surface area contributed by atoms with Gasteiger partial charge in [-0.1, -0.05) is 65.3 Å². The minimum atomic E-state index is -0.678. The van der Waals surface area contributed by atoms with Crippen molar-refractivity contribution < 1.29 is 9.84 Å². The Bertz CT molecular complexity index is 1290. The van der Waals surface area contributed by atoms with Gasteiger partial charge in [-0.25, -0.2) is 0 Å². The summed E-state index contributed by atoms with van der Waals surface area (Å²) in [5.41, 5.74) is 3.82. The molecule has 6 nitrogen and oxygen atoms in total. The van der Waals surface area contributed by atoms with Crippen molar-refractivity contribution >= 4 is 40.7 Å². The highest BCUT2D eigenvalue weighted by molar-refractivity contribution is 7.98. The van der Waals surface area contributed by atoms with Gasteiger partial charge >= 0.3 is 0 Å². The monoisotopic (exact) mass is 482 g/mol. The van der Waals surface area contributed by atoms with Crippen molar-refractivity contribution in [3.63, 3.8) is 0 Å². The topological polar surface area (TPSA) is 80.2 Å². The Morgan fingerprint density at radius 3 is 2.66 bits per heavy atom. The molecule has 1 unspecified atom stereocenters. The number of phenolic OH excluding ortho intramolecular Hbond substituents is 1. The predicted molar refractivity (Wildman–Crippen MR) is 126 cm³/mol. The molecular weight excluding hydrogens is 467 g/mol. The molecule has 0 amide bonds. The van der Waals surface area contributed by atoms with E-state index in [2.05, 4.69) is 20.5 Å². The Labute approximate surface area is 198 Å². The third-order valence-corrected chi connectivity index (χ3v) is 6.38. The molecule has 1 aliphatic rings. The Kier molecular flexibility index (Phi) is 5.78.